The molecule has 4 rings (SSSR count). The summed E-state index contributed by atoms with van der Waals surface area (Å²) in [6, 6.07) is 10.7. The summed E-state index contributed by atoms with van der Waals surface area (Å²) in [6.07, 6.45) is 4.41. The van der Waals surface area contributed by atoms with Crippen LogP contribution in [0.2, 0.25) is 4.34 Å². The Morgan fingerprint density at radius 1 is 1.27 bits per heavy atom. The Bertz CT molecular complexity index is 1030. The van der Waals surface area contributed by atoms with Crippen molar-refractivity contribution in [3.05, 3.63) is 69.9 Å². The molecule has 0 fully saturated rings. The Morgan fingerprint density at radius 2 is 2.19 bits per heavy atom. The van der Waals surface area contributed by atoms with E-state index >= 15 is 0 Å². The molecule has 0 saturated heterocycles. The molecular formula is C17H12ClN5O2S. The van der Waals surface area contributed by atoms with Gasteiger partial charge in [0.1, 0.15) is 23.5 Å². The minimum Gasteiger partial charge on any atom is -0.472 e. The van der Waals surface area contributed by atoms with E-state index < -0.39 is 0 Å². The van der Waals surface area contributed by atoms with E-state index in [1.54, 1.807) is 30.5 Å². The summed E-state index contributed by atoms with van der Waals surface area (Å²) in [5.74, 6) is 0.238. The Hall–Kier alpha value is -2.97. The highest BCUT2D eigenvalue weighted by Gasteiger charge is 2.18. The van der Waals surface area contributed by atoms with E-state index in [9.17, 15) is 4.79 Å². The SMILES string of the molecule is O=C(c1ccoc1)n1nc(-c2cccnn2)cc1NCc1ccc(Cl)s1. The van der Waals surface area contributed by atoms with E-state index in [1.807, 2.05) is 12.1 Å². The maximum absolute atomic E-state index is 12.7. The van der Waals surface area contributed by atoms with Gasteiger partial charge >= 0.3 is 0 Å². The second kappa shape index (κ2) is 7.11. The van der Waals surface area contributed by atoms with Crippen LogP contribution in [0, 0.1) is 0 Å². The van der Waals surface area contributed by atoms with Crippen LogP contribution in [0.15, 0.2) is 59.5 Å². The molecule has 0 aliphatic heterocycles. The van der Waals surface area contributed by atoms with E-state index in [2.05, 4.69) is 20.6 Å². The molecule has 0 spiro atoms. The first kappa shape index (κ1) is 16.5. The summed E-state index contributed by atoms with van der Waals surface area (Å²) >= 11 is 7.44. The molecule has 1 N–H and O–H groups in total. The third kappa shape index (κ3) is 3.37. The minimum absolute atomic E-state index is 0.305. The highest BCUT2D eigenvalue weighted by molar-refractivity contribution is 7.16. The predicted octanol–water partition coefficient (Wildman–Crippen LogP) is 3.95. The van der Waals surface area contributed by atoms with Crippen molar-refractivity contribution >= 4 is 34.7 Å². The fraction of sp³-hybridized carbons (Fsp3) is 0.0588. The molecule has 4 aromatic heterocycles. The van der Waals surface area contributed by atoms with Gasteiger partial charge < -0.3 is 9.73 Å². The van der Waals surface area contributed by atoms with Crippen LogP contribution in [0.25, 0.3) is 11.4 Å². The van der Waals surface area contributed by atoms with Crippen LogP contribution in [0.1, 0.15) is 15.2 Å². The average Bonchev–Trinajstić information content (AvgIpc) is 3.41. The summed E-state index contributed by atoms with van der Waals surface area (Å²) in [4.78, 5) is 13.8. The van der Waals surface area contributed by atoms with Gasteiger partial charge in [0.15, 0.2) is 0 Å². The fourth-order valence-electron chi connectivity index (χ4n) is 2.36. The van der Waals surface area contributed by atoms with E-state index in [0.717, 1.165) is 4.88 Å². The number of rotatable bonds is 5. The summed E-state index contributed by atoms with van der Waals surface area (Å²) in [7, 11) is 0. The van der Waals surface area contributed by atoms with Gasteiger partial charge in [-0.1, -0.05) is 11.6 Å². The Morgan fingerprint density at radius 3 is 2.88 bits per heavy atom. The van der Waals surface area contributed by atoms with Crippen molar-refractivity contribution in [2.75, 3.05) is 5.32 Å². The second-order valence-electron chi connectivity index (χ2n) is 5.31. The molecule has 0 radical (unpaired) electrons. The largest absolute Gasteiger partial charge is 0.472 e. The van der Waals surface area contributed by atoms with Gasteiger partial charge in [-0.15, -0.1) is 16.4 Å². The predicted molar refractivity (Wildman–Crippen MR) is 98.3 cm³/mol. The van der Waals surface area contributed by atoms with E-state index in [1.165, 1.54) is 28.5 Å². The Balaban J connectivity index is 1.68. The van der Waals surface area contributed by atoms with Gasteiger partial charge in [-0.25, -0.2) is 0 Å². The monoisotopic (exact) mass is 385 g/mol. The lowest BCUT2D eigenvalue weighted by atomic mass is 10.3. The van der Waals surface area contributed by atoms with Crippen molar-refractivity contribution in [2.45, 2.75) is 6.54 Å². The van der Waals surface area contributed by atoms with Crippen molar-refractivity contribution in [1.82, 2.24) is 20.0 Å². The number of hydrogen-bond donors (Lipinski definition) is 1. The number of carbonyl (C=O) groups excluding carboxylic acids is 1. The number of nitrogens with one attached hydrogen (secondary N) is 1. The van der Waals surface area contributed by atoms with Gasteiger partial charge in [-0.3, -0.25) is 4.79 Å². The maximum atomic E-state index is 12.7. The summed E-state index contributed by atoms with van der Waals surface area (Å²) in [5.41, 5.74) is 1.52. The lowest BCUT2D eigenvalue weighted by molar-refractivity contribution is 0.0947. The zero-order valence-corrected chi connectivity index (χ0v) is 14.9. The average molecular weight is 386 g/mol. The van der Waals surface area contributed by atoms with Crippen LogP contribution in [0.5, 0.6) is 0 Å². The highest BCUT2D eigenvalue weighted by atomic mass is 35.5. The molecule has 0 aromatic carbocycles. The first-order valence-electron chi connectivity index (χ1n) is 7.64. The molecule has 0 unspecified atom stereocenters. The lowest BCUT2D eigenvalue weighted by Crippen LogP contribution is -2.16. The number of aromatic nitrogens is 4. The molecule has 0 atom stereocenters. The van der Waals surface area contributed by atoms with Crippen molar-refractivity contribution in [3.8, 4) is 11.4 Å². The molecule has 4 aromatic rings. The van der Waals surface area contributed by atoms with Gasteiger partial charge in [0.05, 0.1) is 22.7 Å². The zero-order valence-electron chi connectivity index (χ0n) is 13.3. The standard InChI is InChI=1S/C17H12ClN5O2S/c18-15-4-3-12(26-15)9-19-16-8-14(13-2-1-6-20-21-13)22-23(16)17(24)11-5-7-25-10-11/h1-8,10,19H,9H2. The third-order valence-corrected chi connectivity index (χ3v) is 4.81. The molecule has 0 aliphatic carbocycles. The Kier molecular flexibility index (Phi) is 4.51. The van der Waals surface area contributed by atoms with Gasteiger partial charge in [0, 0.05) is 17.1 Å². The molecule has 7 nitrogen and oxygen atoms in total. The summed E-state index contributed by atoms with van der Waals surface area (Å²) in [6.45, 7) is 0.516. The number of carbonyl (C=O) groups is 1. The molecule has 0 aliphatic rings. The van der Waals surface area contributed by atoms with Crippen molar-refractivity contribution in [3.63, 3.8) is 0 Å². The molecule has 0 saturated carbocycles. The van der Waals surface area contributed by atoms with E-state index in [-0.39, 0.29) is 5.91 Å². The van der Waals surface area contributed by atoms with Gasteiger partial charge in [0.2, 0.25) is 0 Å². The van der Waals surface area contributed by atoms with Crippen molar-refractivity contribution in [1.29, 1.82) is 0 Å². The van der Waals surface area contributed by atoms with Crippen LogP contribution in [0.4, 0.5) is 5.82 Å². The first-order chi connectivity index (χ1) is 12.7. The van der Waals surface area contributed by atoms with Gasteiger partial charge in [-0.05, 0) is 30.3 Å². The van der Waals surface area contributed by atoms with Crippen LogP contribution in [-0.2, 0) is 6.54 Å². The van der Waals surface area contributed by atoms with Crippen molar-refractivity contribution in [2.24, 2.45) is 0 Å². The van der Waals surface area contributed by atoms with Crippen LogP contribution >= 0.6 is 22.9 Å². The summed E-state index contributed by atoms with van der Waals surface area (Å²) in [5, 5.41) is 15.5. The Labute approximate surface area is 157 Å². The number of furan rings is 1. The van der Waals surface area contributed by atoms with Crippen LogP contribution < -0.4 is 5.32 Å². The normalized spacial score (nSPS) is 10.8. The van der Waals surface area contributed by atoms with Crippen LogP contribution in [-0.4, -0.2) is 25.9 Å². The molecule has 0 amide bonds. The highest BCUT2D eigenvalue weighted by Crippen LogP contribution is 2.24. The molecule has 0 bridgehead atoms. The molecular weight excluding hydrogens is 374 g/mol. The van der Waals surface area contributed by atoms with Crippen LogP contribution in [0.3, 0.4) is 0 Å². The molecule has 9 heteroatoms. The zero-order chi connectivity index (χ0) is 17.9. The number of thiophene rings is 1. The van der Waals surface area contributed by atoms with E-state index in [4.69, 9.17) is 16.0 Å². The maximum Gasteiger partial charge on any atom is 0.283 e. The van der Waals surface area contributed by atoms with Crippen molar-refractivity contribution < 1.29 is 9.21 Å². The quantitative estimate of drug-likeness (QED) is 0.559. The molecule has 26 heavy (non-hydrogen) atoms. The second-order valence-corrected chi connectivity index (χ2v) is 7.11. The number of hydrogen-bond acceptors (Lipinski definition) is 7. The molecule has 4 heterocycles. The number of anilines is 1. The fourth-order valence-corrected chi connectivity index (χ4v) is 3.39. The minimum atomic E-state index is -0.305. The number of nitrogens with zero attached hydrogens (tertiary/aromatic N) is 4. The smallest absolute Gasteiger partial charge is 0.283 e. The van der Waals surface area contributed by atoms with Gasteiger partial charge in [0.25, 0.3) is 5.91 Å². The van der Waals surface area contributed by atoms with E-state index in [0.29, 0.717) is 33.7 Å². The third-order valence-electron chi connectivity index (χ3n) is 3.58. The lowest BCUT2D eigenvalue weighted by Gasteiger charge is -2.06. The summed E-state index contributed by atoms with van der Waals surface area (Å²) < 4.78 is 7.01. The van der Waals surface area contributed by atoms with Gasteiger partial charge in [-0.2, -0.15) is 14.9 Å². The molecule has 130 valence electrons. The topological polar surface area (TPSA) is 85.8 Å². The number of halogens is 1. The first-order valence-corrected chi connectivity index (χ1v) is 8.83.